The Hall–Kier alpha value is -3.56. The Morgan fingerprint density at radius 3 is 2.54 bits per heavy atom. The molecule has 10 nitrogen and oxygen atoms in total. The Labute approximate surface area is 161 Å². The van der Waals surface area contributed by atoms with Gasteiger partial charge in [-0.15, -0.1) is 5.10 Å². The quantitative estimate of drug-likeness (QED) is 0.352. The number of nitrogens with one attached hydrogen (secondary N) is 2. The van der Waals surface area contributed by atoms with Crippen LogP contribution in [0.5, 0.6) is 0 Å². The third-order valence-corrected chi connectivity index (χ3v) is 4.32. The third kappa shape index (κ3) is 3.90. The maximum Gasteiger partial charge on any atom is 0.305 e. The normalized spacial score (nSPS) is 16.3. The van der Waals surface area contributed by atoms with Gasteiger partial charge in [0.1, 0.15) is 5.76 Å². The standard InChI is InChI=1S/C18H22N6O4/c1-9-13-10(21-24-17(19)20)7-18(2,3)8-12(13)28-14(9)16(26)23-22-15(25)11-5-4-6-27-11/h4-6H,7-8H2,1-3H3,(H,22,25)(H,23,26)(H4,19,20,24)/b21-10-. The fraction of sp³-hybridized carbons (Fsp3) is 0.333. The second-order valence-corrected chi connectivity index (χ2v) is 7.33. The summed E-state index contributed by atoms with van der Waals surface area (Å²) >= 11 is 0. The van der Waals surface area contributed by atoms with E-state index in [2.05, 4.69) is 34.9 Å². The number of carbonyl (C=O) groups excluding carboxylic acids is 2. The molecule has 148 valence electrons. The van der Waals surface area contributed by atoms with Crippen molar-refractivity contribution in [2.75, 3.05) is 0 Å². The van der Waals surface area contributed by atoms with Crippen molar-refractivity contribution in [1.82, 2.24) is 10.9 Å². The highest BCUT2D eigenvalue weighted by Crippen LogP contribution is 2.38. The molecule has 2 heterocycles. The Morgan fingerprint density at radius 2 is 1.89 bits per heavy atom. The number of hydrogen-bond acceptors (Lipinski definition) is 6. The van der Waals surface area contributed by atoms with Gasteiger partial charge in [0.25, 0.3) is 0 Å². The molecule has 0 aromatic carbocycles. The third-order valence-electron chi connectivity index (χ3n) is 4.32. The lowest BCUT2D eigenvalue weighted by Gasteiger charge is -2.29. The van der Waals surface area contributed by atoms with Crippen LogP contribution >= 0.6 is 0 Å². The first-order valence-corrected chi connectivity index (χ1v) is 8.60. The molecule has 0 radical (unpaired) electrons. The maximum atomic E-state index is 12.5. The van der Waals surface area contributed by atoms with Crippen LogP contribution in [0.4, 0.5) is 0 Å². The molecule has 28 heavy (non-hydrogen) atoms. The average Bonchev–Trinajstić information content (AvgIpc) is 3.25. The molecular weight excluding hydrogens is 364 g/mol. The number of hydrogen-bond donors (Lipinski definition) is 4. The summed E-state index contributed by atoms with van der Waals surface area (Å²) in [5.74, 6) is -0.545. The van der Waals surface area contributed by atoms with E-state index in [9.17, 15) is 9.59 Å². The molecule has 0 saturated heterocycles. The van der Waals surface area contributed by atoms with Gasteiger partial charge in [0.15, 0.2) is 11.5 Å². The van der Waals surface area contributed by atoms with Crippen LogP contribution in [-0.4, -0.2) is 23.5 Å². The summed E-state index contributed by atoms with van der Waals surface area (Å²) in [6, 6.07) is 3.05. The molecule has 2 amide bonds. The first-order chi connectivity index (χ1) is 13.2. The van der Waals surface area contributed by atoms with Crippen molar-refractivity contribution in [3.8, 4) is 0 Å². The number of fused-ring (bicyclic) bond motifs is 1. The van der Waals surface area contributed by atoms with E-state index in [-0.39, 0.29) is 22.9 Å². The lowest BCUT2D eigenvalue weighted by atomic mass is 9.75. The van der Waals surface area contributed by atoms with Crippen LogP contribution in [0, 0.1) is 12.3 Å². The van der Waals surface area contributed by atoms with Gasteiger partial charge < -0.3 is 20.3 Å². The van der Waals surface area contributed by atoms with Crippen LogP contribution < -0.4 is 22.3 Å². The molecular formula is C18H22N6O4. The summed E-state index contributed by atoms with van der Waals surface area (Å²) in [4.78, 5) is 24.4. The number of furan rings is 2. The van der Waals surface area contributed by atoms with Gasteiger partial charge >= 0.3 is 11.8 Å². The minimum absolute atomic E-state index is 0.0733. The largest absolute Gasteiger partial charge is 0.459 e. The van der Waals surface area contributed by atoms with Gasteiger partial charge in [0, 0.05) is 17.5 Å². The molecule has 0 bridgehead atoms. The van der Waals surface area contributed by atoms with Crippen LogP contribution in [0.2, 0.25) is 0 Å². The molecule has 0 saturated carbocycles. The number of nitrogens with two attached hydrogens (primary N) is 2. The Kier molecular flexibility index (Phi) is 4.95. The topological polar surface area (TPSA) is 161 Å². The predicted octanol–water partition coefficient (Wildman–Crippen LogP) is 1.21. The molecule has 3 rings (SSSR count). The lowest BCUT2D eigenvalue weighted by Crippen LogP contribution is -2.41. The summed E-state index contributed by atoms with van der Waals surface area (Å²) in [6.45, 7) is 5.86. The highest BCUT2D eigenvalue weighted by Gasteiger charge is 2.36. The van der Waals surface area contributed by atoms with Gasteiger partial charge in [-0.1, -0.05) is 13.8 Å². The van der Waals surface area contributed by atoms with Gasteiger partial charge in [0.2, 0.25) is 5.96 Å². The van der Waals surface area contributed by atoms with Gasteiger partial charge in [0.05, 0.1) is 12.0 Å². The Morgan fingerprint density at radius 1 is 1.18 bits per heavy atom. The van der Waals surface area contributed by atoms with E-state index in [1.165, 1.54) is 12.3 Å². The molecule has 1 aliphatic carbocycles. The van der Waals surface area contributed by atoms with Crippen molar-refractivity contribution in [2.45, 2.75) is 33.6 Å². The van der Waals surface area contributed by atoms with Crippen LogP contribution in [0.15, 0.2) is 37.4 Å². The summed E-state index contributed by atoms with van der Waals surface area (Å²) in [5.41, 5.74) is 17.2. The number of nitrogens with zero attached hydrogens (tertiary/aromatic N) is 2. The second kappa shape index (κ2) is 7.22. The minimum atomic E-state index is -0.592. The minimum Gasteiger partial charge on any atom is -0.459 e. The molecule has 2 aromatic rings. The molecule has 2 aromatic heterocycles. The van der Waals surface area contributed by atoms with Gasteiger partial charge in [-0.05, 0) is 30.9 Å². The van der Waals surface area contributed by atoms with Crippen molar-refractivity contribution in [3.63, 3.8) is 0 Å². The van der Waals surface area contributed by atoms with Crippen molar-refractivity contribution in [3.05, 3.63) is 46.8 Å². The smallest absolute Gasteiger partial charge is 0.305 e. The van der Waals surface area contributed by atoms with E-state index in [0.717, 1.165) is 0 Å². The first-order valence-electron chi connectivity index (χ1n) is 8.60. The summed E-state index contributed by atoms with van der Waals surface area (Å²) in [6.07, 6.45) is 2.60. The molecule has 1 aliphatic rings. The van der Waals surface area contributed by atoms with E-state index >= 15 is 0 Å². The van der Waals surface area contributed by atoms with E-state index < -0.39 is 11.8 Å². The summed E-state index contributed by atoms with van der Waals surface area (Å²) in [7, 11) is 0. The van der Waals surface area contributed by atoms with E-state index in [1.54, 1.807) is 13.0 Å². The monoisotopic (exact) mass is 386 g/mol. The Balaban J connectivity index is 1.86. The van der Waals surface area contributed by atoms with E-state index in [0.29, 0.717) is 35.4 Å². The van der Waals surface area contributed by atoms with Crippen LogP contribution in [0.1, 0.15) is 58.3 Å². The molecule has 0 unspecified atom stereocenters. The number of hydrazine groups is 1. The van der Waals surface area contributed by atoms with Crippen molar-refractivity contribution >= 4 is 23.5 Å². The highest BCUT2D eigenvalue weighted by atomic mass is 16.4. The predicted molar refractivity (Wildman–Crippen MR) is 102 cm³/mol. The number of guanidine groups is 1. The van der Waals surface area contributed by atoms with Crippen LogP contribution in [-0.2, 0) is 6.42 Å². The summed E-state index contributed by atoms with van der Waals surface area (Å²) < 4.78 is 10.8. The molecule has 0 spiro atoms. The van der Waals surface area contributed by atoms with E-state index in [4.69, 9.17) is 20.3 Å². The molecule has 0 aliphatic heterocycles. The highest BCUT2D eigenvalue weighted by molar-refractivity contribution is 6.07. The van der Waals surface area contributed by atoms with Gasteiger partial charge in [-0.3, -0.25) is 20.4 Å². The zero-order chi connectivity index (χ0) is 20.5. The molecule has 6 N–H and O–H groups in total. The zero-order valence-corrected chi connectivity index (χ0v) is 15.8. The van der Waals surface area contributed by atoms with Gasteiger partial charge in [-0.2, -0.15) is 5.10 Å². The zero-order valence-electron chi connectivity index (χ0n) is 15.8. The number of rotatable bonds is 3. The molecule has 0 fully saturated rings. The van der Waals surface area contributed by atoms with Gasteiger partial charge in [-0.25, -0.2) is 0 Å². The van der Waals surface area contributed by atoms with Crippen molar-refractivity contribution < 1.29 is 18.4 Å². The van der Waals surface area contributed by atoms with Crippen LogP contribution in [0.3, 0.4) is 0 Å². The molecule has 0 atom stereocenters. The fourth-order valence-corrected chi connectivity index (χ4v) is 3.17. The number of amides is 2. The first kappa shape index (κ1) is 19.2. The lowest BCUT2D eigenvalue weighted by molar-refractivity contribution is 0.0815. The van der Waals surface area contributed by atoms with Crippen molar-refractivity contribution in [2.24, 2.45) is 27.1 Å². The van der Waals surface area contributed by atoms with Crippen molar-refractivity contribution in [1.29, 1.82) is 0 Å². The molecule has 10 heteroatoms. The number of carbonyl (C=O) groups is 2. The average molecular weight is 386 g/mol. The fourth-order valence-electron chi connectivity index (χ4n) is 3.17. The SMILES string of the molecule is Cc1c(C(=O)NNC(=O)c2ccco2)oc2c1/C(=N\N=C(N)N)CC(C)(C)C2. The second-order valence-electron chi connectivity index (χ2n) is 7.33. The Bertz CT molecular complexity index is 965. The maximum absolute atomic E-state index is 12.5. The summed E-state index contributed by atoms with van der Waals surface area (Å²) in [5, 5.41) is 7.89. The van der Waals surface area contributed by atoms with E-state index in [1.807, 2.05) is 0 Å². The van der Waals surface area contributed by atoms with Crippen LogP contribution in [0.25, 0.3) is 0 Å².